The molecule has 0 aliphatic rings. The number of unbranched alkanes of at least 4 members (excludes halogenated alkanes) is 1. The molecule has 0 unspecified atom stereocenters. The number of carbonyl (C=O) groups excluding carboxylic acids is 1. The van der Waals surface area contributed by atoms with Gasteiger partial charge in [0.05, 0.1) is 0 Å². The molecule has 116 valence electrons. The van der Waals surface area contributed by atoms with Crippen molar-refractivity contribution >= 4 is 17.6 Å². The normalized spacial score (nSPS) is 10.5. The third kappa shape index (κ3) is 6.69. The number of nitrogens with one attached hydrogen (secondary N) is 1. The molecule has 0 heterocycles. The van der Waals surface area contributed by atoms with Gasteiger partial charge >= 0.3 is 12.6 Å². The van der Waals surface area contributed by atoms with Gasteiger partial charge in [0.15, 0.2) is 0 Å². The van der Waals surface area contributed by atoms with Gasteiger partial charge < -0.3 is 15.2 Å². The first-order valence-electron chi connectivity index (χ1n) is 6.45. The fraction of sp³-hybridized carbons (Fsp3) is 0.429. The van der Waals surface area contributed by atoms with E-state index in [1.165, 1.54) is 6.07 Å². The first-order chi connectivity index (χ1) is 9.88. The summed E-state index contributed by atoms with van der Waals surface area (Å²) in [7, 11) is 0. The SMILES string of the molecule is Cc1ccc(NC(=O)CCCCC(=O)O)cc1OC(F)F. The Morgan fingerprint density at radius 3 is 2.57 bits per heavy atom. The monoisotopic (exact) mass is 301 g/mol. The van der Waals surface area contributed by atoms with Crippen LogP contribution in [-0.4, -0.2) is 23.6 Å². The molecule has 0 saturated carbocycles. The average molecular weight is 301 g/mol. The van der Waals surface area contributed by atoms with E-state index in [1.807, 2.05) is 0 Å². The van der Waals surface area contributed by atoms with Crippen LogP contribution >= 0.6 is 0 Å². The van der Waals surface area contributed by atoms with Crippen molar-refractivity contribution in [3.63, 3.8) is 0 Å². The second kappa shape index (κ2) is 8.18. The van der Waals surface area contributed by atoms with Gasteiger partial charge in [0, 0.05) is 24.6 Å². The van der Waals surface area contributed by atoms with Gasteiger partial charge in [-0.15, -0.1) is 0 Å². The summed E-state index contributed by atoms with van der Waals surface area (Å²) >= 11 is 0. The van der Waals surface area contributed by atoms with Crippen LogP contribution in [-0.2, 0) is 9.59 Å². The van der Waals surface area contributed by atoms with E-state index in [0.29, 0.717) is 24.1 Å². The van der Waals surface area contributed by atoms with Crippen LogP contribution in [0, 0.1) is 6.92 Å². The summed E-state index contributed by atoms with van der Waals surface area (Å²) in [4.78, 5) is 21.9. The van der Waals surface area contributed by atoms with Crippen molar-refractivity contribution in [2.75, 3.05) is 5.32 Å². The molecular formula is C14H17F2NO4. The number of benzene rings is 1. The molecule has 0 radical (unpaired) electrons. The molecule has 21 heavy (non-hydrogen) atoms. The smallest absolute Gasteiger partial charge is 0.387 e. The lowest BCUT2D eigenvalue weighted by atomic mass is 10.1. The second-order valence-corrected chi connectivity index (χ2v) is 4.51. The molecule has 0 bridgehead atoms. The van der Waals surface area contributed by atoms with Gasteiger partial charge in [0.25, 0.3) is 0 Å². The van der Waals surface area contributed by atoms with Crippen molar-refractivity contribution in [3.05, 3.63) is 23.8 Å². The maximum atomic E-state index is 12.2. The Morgan fingerprint density at radius 1 is 1.29 bits per heavy atom. The first kappa shape index (κ1) is 16.9. The Hall–Kier alpha value is -2.18. The highest BCUT2D eigenvalue weighted by Gasteiger charge is 2.09. The Labute approximate surface area is 120 Å². The summed E-state index contributed by atoms with van der Waals surface area (Å²) in [5, 5.41) is 11.0. The van der Waals surface area contributed by atoms with Gasteiger partial charge in [-0.1, -0.05) is 6.07 Å². The lowest BCUT2D eigenvalue weighted by molar-refractivity contribution is -0.137. The molecule has 1 rings (SSSR count). The zero-order valence-electron chi connectivity index (χ0n) is 11.6. The van der Waals surface area contributed by atoms with Crippen LogP contribution in [0.25, 0.3) is 0 Å². The number of aryl methyl sites for hydroxylation is 1. The van der Waals surface area contributed by atoms with Gasteiger partial charge in [0.2, 0.25) is 5.91 Å². The molecule has 0 atom stereocenters. The third-order valence-corrected chi connectivity index (χ3v) is 2.73. The standard InChI is InChI=1S/C14H17F2NO4/c1-9-6-7-10(8-11(9)21-14(15)16)17-12(18)4-2-3-5-13(19)20/h6-8,14H,2-5H2,1H3,(H,17,18)(H,19,20). The minimum atomic E-state index is -2.93. The number of carbonyl (C=O) groups is 2. The number of carboxylic acid groups (broad SMARTS) is 1. The Balaban J connectivity index is 2.50. The predicted octanol–water partition coefficient (Wildman–Crippen LogP) is 3.18. The largest absolute Gasteiger partial charge is 0.481 e. The molecule has 7 heteroatoms. The highest BCUT2D eigenvalue weighted by atomic mass is 19.3. The molecule has 1 aromatic carbocycles. The van der Waals surface area contributed by atoms with E-state index >= 15 is 0 Å². The molecular weight excluding hydrogens is 284 g/mol. The summed E-state index contributed by atoms with van der Waals surface area (Å²) in [6.45, 7) is -1.31. The summed E-state index contributed by atoms with van der Waals surface area (Å²) in [6, 6.07) is 4.48. The first-order valence-corrected chi connectivity index (χ1v) is 6.45. The van der Waals surface area contributed by atoms with Crippen molar-refractivity contribution in [2.45, 2.75) is 39.2 Å². The van der Waals surface area contributed by atoms with Crippen molar-refractivity contribution in [1.29, 1.82) is 0 Å². The average Bonchev–Trinajstić information content (AvgIpc) is 2.38. The highest BCUT2D eigenvalue weighted by molar-refractivity contribution is 5.90. The van der Waals surface area contributed by atoms with Gasteiger partial charge in [-0.3, -0.25) is 9.59 Å². The van der Waals surface area contributed by atoms with Gasteiger partial charge in [-0.05, 0) is 31.4 Å². The van der Waals surface area contributed by atoms with Crippen LogP contribution in [0.15, 0.2) is 18.2 Å². The van der Waals surface area contributed by atoms with Gasteiger partial charge in [-0.25, -0.2) is 0 Å². The summed E-state index contributed by atoms with van der Waals surface area (Å²) in [6.07, 6.45) is 1.05. The molecule has 0 aromatic heterocycles. The number of alkyl halides is 2. The number of anilines is 1. The summed E-state index contributed by atoms with van der Waals surface area (Å²) in [5.74, 6) is -1.19. The van der Waals surface area contributed by atoms with E-state index in [-0.39, 0.29) is 24.5 Å². The van der Waals surface area contributed by atoms with Crippen molar-refractivity contribution in [2.24, 2.45) is 0 Å². The lowest BCUT2D eigenvalue weighted by Gasteiger charge is -2.11. The predicted molar refractivity (Wildman–Crippen MR) is 72.5 cm³/mol. The molecule has 0 aliphatic heterocycles. The van der Waals surface area contributed by atoms with E-state index in [0.717, 1.165) is 0 Å². The van der Waals surface area contributed by atoms with Crippen LogP contribution in [0.5, 0.6) is 5.75 Å². The fourth-order valence-electron chi connectivity index (χ4n) is 1.69. The maximum absolute atomic E-state index is 12.2. The number of hydrogen-bond acceptors (Lipinski definition) is 3. The Morgan fingerprint density at radius 2 is 1.95 bits per heavy atom. The molecule has 1 amide bonds. The van der Waals surface area contributed by atoms with Crippen molar-refractivity contribution in [3.8, 4) is 5.75 Å². The number of hydrogen-bond donors (Lipinski definition) is 2. The van der Waals surface area contributed by atoms with Crippen LogP contribution in [0.1, 0.15) is 31.2 Å². The van der Waals surface area contributed by atoms with Crippen LogP contribution in [0.4, 0.5) is 14.5 Å². The molecule has 0 spiro atoms. The number of carboxylic acids is 1. The molecule has 5 nitrogen and oxygen atoms in total. The molecule has 1 aromatic rings. The van der Waals surface area contributed by atoms with E-state index in [4.69, 9.17) is 5.11 Å². The minimum absolute atomic E-state index is 0.00803. The quantitative estimate of drug-likeness (QED) is 0.723. The lowest BCUT2D eigenvalue weighted by Crippen LogP contribution is -2.12. The van der Waals surface area contributed by atoms with Crippen LogP contribution in [0.3, 0.4) is 0 Å². The maximum Gasteiger partial charge on any atom is 0.387 e. The van der Waals surface area contributed by atoms with Crippen molar-refractivity contribution < 1.29 is 28.2 Å². The van der Waals surface area contributed by atoms with E-state index in [2.05, 4.69) is 10.1 Å². The van der Waals surface area contributed by atoms with E-state index in [1.54, 1.807) is 19.1 Å². The summed E-state index contributed by atoms with van der Waals surface area (Å²) in [5.41, 5.74) is 0.897. The Kier molecular flexibility index (Phi) is 6.58. The molecule has 0 aliphatic carbocycles. The van der Waals surface area contributed by atoms with Gasteiger partial charge in [-0.2, -0.15) is 8.78 Å². The summed E-state index contributed by atoms with van der Waals surface area (Å²) < 4.78 is 28.8. The van der Waals surface area contributed by atoms with Gasteiger partial charge in [0.1, 0.15) is 5.75 Å². The van der Waals surface area contributed by atoms with E-state index < -0.39 is 12.6 Å². The molecule has 0 saturated heterocycles. The third-order valence-electron chi connectivity index (χ3n) is 2.73. The number of halogens is 2. The fourth-order valence-corrected chi connectivity index (χ4v) is 1.69. The van der Waals surface area contributed by atoms with E-state index in [9.17, 15) is 18.4 Å². The molecule has 2 N–H and O–H groups in total. The number of aliphatic carboxylic acids is 1. The number of amides is 1. The van der Waals surface area contributed by atoms with Crippen molar-refractivity contribution in [1.82, 2.24) is 0 Å². The molecule has 0 fully saturated rings. The highest BCUT2D eigenvalue weighted by Crippen LogP contribution is 2.24. The number of rotatable bonds is 8. The number of ether oxygens (including phenoxy) is 1. The minimum Gasteiger partial charge on any atom is -0.481 e. The second-order valence-electron chi connectivity index (χ2n) is 4.51. The Bertz CT molecular complexity index is 506. The van der Waals surface area contributed by atoms with Crippen LogP contribution < -0.4 is 10.1 Å². The van der Waals surface area contributed by atoms with Crippen LogP contribution in [0.2, 0.25) is 0 Å². The zero-order chi connectivity index (χ0) is 15.8. The zero-order valence-corrected chi connectivity index (χ0v) is 11.6. The topological polar surface area (TPSA) is 75.6 Å².